The lowest BCUT2D eigenvalue weighted by molar-refractivity contribution is -0.510. The summed E-state index contributed by atoms with van der Waals surface area (Å²) >= 11 is 6.15. The van der Waals surface area contributed by atoms with Crippen LogP contribution in [0.5, 0.6) is 0 Å². The number of nitrogens with zero attached hydrogens (tertiary/aromatic N) is 2. The van der Waals surface area contributed by atoms with Gasteiger partial charge in [0.25, 0.3) is 6.33 Å². The molecule has 0 saturated carbocycles. The highest BCUT2D eigenvalue weighted by molar-refractivity contribution is 6.30. The number of aromatic nitrogens is 3. The van der Waals surface area contributed by atoms with Crippen LogP contribution in [0.15, 0.2) is 91.4 Å². The SMILES string of the molecule is Fc1ccc(-n2c[n+]3ccc4c5ccccc5[nH]c4c3c2-c2ccc(Cl)cc2)cc1. The van der Waals surface area contributed by atoms with Gasteiger partial charge in [0.2, 0.25) is 5.52 Å². The van der Waals surface area contributed by atoms with E-state index in [1.807, 2.05) is 36.7 Å². The third-order valence-corrected chi connectivity index (χ3v) is 5.82. The lowest BCUT2D eigenvalue weighted by Crippen LogP contribution is -2.17. The Morgan fingerprint density at radius 2 is 1.60 bits per heavy atom. The van der Waals surface area contributed by atoms with E-state index in [-0.39, 0.29) is 5.82 Å². The highest BCUT2D eigenvalue weighted by Crippen LogP contribution is 2.34. The number of para-hydroxylation sites is 1. The molecule has 144 valence electrons. The Labute approximate surface area is 176 Å². The van der Waals surface area contributed by atoms with Crippen molar-refractivity contribution >= 4 is 38.9 Å². The van der Waals surface area contributed by atoms with Crippen LogP contribution in [-0.4, -0.2) is 9.55 Å². The number of aromatic amines is 1. The molecule has 3 aromatic carbocycles. The second-order valence-corrected chi connectivity index (χ2v) is 7.78. The monoisotopic (exact) mass is 412 g/mol. The van der Waals surface area contributed by atoms with Crippen molar-refractivity contribution in [3.8, 4) is 16.9 Å². The lowest BCUT2D eigenvalue weighted by Gasteiger charge is -2.03. The van der Waals surface area contributed by atoms with Gasteiger partial charge in [-0.15, -0.1) is 0 Å². The molecule has 0 fully saturated rings. The predicted octanol–water partition coefficient (Wildman–Crippen LogP) is 6.31. The summed E-state index contributed by atoms with van der Waals surface area (Å²) in [6.45, 7) is 0. The number of H-pyrrole nitrogens is 1. The molecule has 6 aromatic rings. The summed E-state index contributed by atoms with van der Waals surface area (Å²) < 4.78 is 17.8. The third kappa shape index (κ3) is 2.54. The first-order valence-corrected chi connectivity index (χ1v) is 10.0. The molecule has 0 atom stereocenters. The normalized spacial score (nSPS) is 11.7. The van der Waals surface area contributed by atoms with Crippen LogP contribution in [0.2, 0.25) is 5.02 Å². The van der Waals surface area contributed by atoms with Gasteiger partial charge < -0.3 is 4.98 Å². The van der Waals surface area contributed by atoms with Crippen molar-refractivity contribution in [2.75, 3.05) is 0 Å². The molecule has 3 aromatic heterocycles. The van der Waals surface area contributed by atoms with E-state index in [4.69, 9.17) is 11.6 Å². The first-order chi connectivity index (χ1) is 14.7. The number of halogens is 2. The predicted molar refractivity (Wildman–Crippen MR) is 119 cm³/mol. The zero-order valence-electron chi connectivity index (χ0n) is 15.8. The molecule has 0 aliphatic rings. The maximum Gasteiger partial charge on any atom is 0.254 e. The summed E-state index contributed by atoms with van der Waals surface area (Å²) in [6, 6.07) is 24.8. The summed E-state index contributed by atoms with van der Waals surface area (Å²) in [5.41, 5.74) is 6.12. The standard InChI is InChI=1S/C25H16ClFN3/c26-17-7-5-16(6-8-17)24-25-23-21(20-3-1-2-4-22(20)28-23)13-14-29(25)15-30(24)19-11-9-18(27)10-12-19/h1-15,28H/q+1. The number of imidazole rings is 1. The number of nitrogens with one attached hydrogen (secondary N) is 1. The first-order valence-electron chi connectivity index (χ1n) is 9.67. The van der Waals surface area contributed by atoms with E-state index in [1.54, 1.807) is 12.1 Å². The van der Waals surface area contributed by atoms with Gasteiger partial charge >= 0.3 is 0 Å². The Bertz CT molecular complexity index is 1540. The molecule has 0 spiro atoms. The number of pyridine rings is 1. The van der Waals surface area contributed by atoms with Gasteiger partial charge in [0.1, 0.15) is 11.5 Å². The smallest absolute Gasteiger partial charge is 0.254 e. The highest BCUT2D eigenvalue weighted by atomic mass is 35.5. The molecule has 0 aliphatic carbocycles. The molecule has 0 bridgehead atoms. The van der Waals surface area contributed by atoms with E-state index in [9.17, 15) is 4.39 Å². The van der Waals surface area contributed by atoms with Gasteiger partial charge in [0, 0.05) is 26.9 Å². The van der Waals surface area contributed by atoms with Gasteiger partial charge in [0.05, 0.1) is 11.7 Å². The average Bonchev–Trinajstić information content (AvgIpc) is 3.33. The van der Waals surface area contributed by atoms with Crippen molar-refractivity contribution in [2.45, 2.75) is 0 Å². The van der Waals surface area contributed by atoms with Crippen LogP contribution < -0.4 is 4.40 Å². The van der Waals surface area contributed by atoms with Crippen molar-refractivity contribution in [1.82, 2.24) is 9.55 Å². The molecule has 3 heterocycles. The molecular formula is C25H16ClFN3+. The molecule has 0 radical (unpaired) electrons. The minimum atomic E-state index is -0.255. The molecular weight excluding hydrogens is 397 g/mol. The van der Waals surface area contributed by atoms with Gasteiger partial charge in [-0.3, -0.25) is 0 Å². The van der Waals surface area contributed by atoms with E-state index in [0.29, 0.717) is 5.02 Å². The van der Waals surface area contributed by atoms with Crippen molar-refractivity contribution in [3.63, 3.8) is 0 Å². The Kier molecular flexibility index (Phi) is 3.70. The largest absolute Gasteiger partial charge is 0.351 e. The van der Waals surface area contributed by atoms with Crippen molar-refractivity contribution in [1.29, 1.82) is 0 Å². The average molecular weight is 413 g/mol. The molecule has 0 saturated heterocycles. The zero-order valence-corrected chi connectivity index (χ0v) is 16.6. The Balaban J connectivity index is 1.77. The highest BCUT2D eigenvalue weighted by Gasteiger charge is 2.24. The van der Waals surface area contributed by atoms with Gasteiger partial charge in [-0.2, -0.15) is 8.97 Å². The number of fused-ring (bicyclic) bond motifs is 5. The molecule has 0 aliphatic heterocycles. The fraction of sp³-hybridized carbons (Fsp3) is 0. The third-order valence-electron chi connectivity index (χ3n) is 5.57. The summed E-state index contributed by atoms with van der Waals surface area (Å²) in [5.74, 6) is -0.255. The Morgan fingerprint density at radius 1 is 0.833 bits per heavy atom. The van der Waals surface area contributed by atoms with Gasteiger partial charge in [0.15, 0.2) is 5.69 Å². The topological polar surface area (TPSA) is 24.8 Å². The van der Waals surface area contributed by atoms with Crippen LogP contribution in [0.4, 0.5) is 4.39 Å². The fourth-order valence-corrected chi connectivity index (χ4v) is 4.32. The number of benzene rings is 3. The zero-order chi connectivity index (χ0) is 20.2. The number of hydrogen-bond donors (Lipinski definition) is 1. The van der Waals surface area contributed by atoms with E-state index in [2.05, 4.69) is 44.4 Å². The minimum Gasteiger partial charge on any atom is -0.351 e. The second kappa shape index (κ2) is 6.44. The molecule has 0 amide bonds. The van der Waals surface area contributed by atoms with Crippen LogP contribution in [0.25, 0.3) is 44.3 Å². The summed E-state index contributed by atoms with van der Waals surface area (Å²) in [7, 11) is 0. The van der Waals surface area contributed by atoms with E-state index < -0.39 is 0 Å². The fourth-order valence-electron chi connectivity index (χ4n) is 4.20. The first kappa shape index (κ1) is 17.2. The van der Waals surface area contributed by atoms with E-state index in [1.165, 1.54) is 17.5 Å². The number of rotatable bonds is 2. The van der Waals surface area contributed by atoms with Gasteiger partial charge in [-0.05, 0) is 60.7 Å². The maximum atomic E-state index is 13.6. The summed E-state index contributed by atoms with van der Waals surface area (Å²) in [6.07, 6.45) is 4.09. The molecule has 0 unspecified atom stereocenters. The Hall–Kier alpha value is -3.63. The van der Waals surface area contributed by atoms with Gasteiger partial charge in [-0.1, -0.05) is 29.8 Å². The number of hydrogen-bond acceptors (Lipinski definition) is 0. The van der Waals surface area contributed by atoms with Gasteiger partial charge in [-0.25, -0.2) is 4.39 Å². The van der Waals surface area contributed by atoms with E-state index >= 15 is 0 Å². The molecule has 30 heavy (non-hydrogen) atoms. The maximum absolute atomic E-state index is 13.6. The minimum absolute atomic E-state index is 0.255. The summed E-state index contributed by atoms with van der Waals surface area (Å²) in [5, 5.41) is 3.04. The van der Waals surface area contributed by atoms with Crippen molar-refractivity contribution in [2.24, 2.45) is 0 Å². The van der Waals surface area contributed by atoms with Crippen LogP contribution in [0.1, 0.15) is 0 Å². The van der Waals surface area contributed by atoms with Crippen LogP contribution in [-0.2, 0) is 0 Å². The Morgan fingerprint density at radius 3 is 2.40 bits per heavy atom. The molecule has 5 heteroatoms. The van der Waals surface area contributed by atoms with E-state index in [0.717, 1.165) is 38.9 Å². The van der Waals surface area contributed by atoms with Crippen molar-refractivity contribution in [3.05, 3.63) is 102 Å². The molecule has 1 N–H and O–H groups in total. The second-order valence-electron chi connectivity index (χ2n) is 7.35. The van der Waals surface area contributed by atoms with Crippen molar-refractivity contribution < 1.29 is 8.79 Å². The lowest BCUT2D eigenvalue weighted by atomic mass is 10.1. The van der Waals surface area contributed by atoms with Crippen LogP contribution in [0.3, 0.4) is 0 Å². The van der Waals surface area contributed by atoms with Crippen LogP contribution >= 0.6 is 11.6 Å². The molecule has 6 rings (SSSR count). The van der Waals surface area contributed by atoms with Crippen LogP contribution in [0, 0.1) is 5.82 Å². The quantitative estimate of drug-likeness (QED) is 0.322. The molecule has 3 nitrogen and oxygen atoms in total. The summed E-state index contributed by atoms with van der Waals surface area (Å²) in [4.78, 5) is 3.60.